The van der Waals surface area contributed by atoms with Crippen molar-refractivity contribution in [3.63, 3.8) is 0 Å². The van der Waals surface area contributed by atoms with Crippen molar-refractivity contribution in [3.8, 4) is 5.75 Å². The lowest BCUT2D eigenvalue weighted by Crippen LogP contribution is -2.27. The second-order valence-corrected chi connectivity index (χ2v) is 5.29. The van der Waals surface area contributed by atoms with E-state index in [0.717, 1.165) is 12.8 Å². The van der Waals surface area contributed by atoms with Crippen LogP contribution in [0.3, 0.4) is 0 Å². The zero-order valence-corrected chi connectivity index (χ0v) is 11.9. The smallest absolute Gasteiger partial charge is 0.360 e. The molecule has 0 saturated heterocycles. The molecule has 110 valence electrons. The number of aromatic hydroxyl groups is 1. The number of aromatic nitrogens is 2. The van der Waals surface area contributed by atoms with Crippen molar-refractivity contribution in [1.29, 1.82) is 0 Å². The molecule has 1 aliphatic rings. The first-order chi connectivity index (χ1) is 9.54. The molecule has 1 aromatic heterocycles. The maximum Gasteiger partial charge on any atom is 0.360 e. The number of carbonyl (C=O) groups is 1. The van der Waals surface area contributed by atoms with Crippen LogP contribution >= 0.6 is 0 Å². The fourth-order valence-electron chi connectivity index (χ4n) is 2.71. The first-order valence-electron chi connectivity index (χ1n) is 6.91. The van der Waals surface area contributed by atoms with Gasteiger partial charge in [-0.2, -0.15) is 0 Å². The molecule has 0 unspecified atom stereocenters. The summed E-state index contributed by atoms with van der Waals surface area (Å²) >= 11 is 0. The van der Waals surface area contributed by atoms with E-state index in [1.165, 1.54) is 30.9 Å². The number of hydrogen-bond acceptors (Lipinski definition) is 5. The molecule has 6 heteroatoms. The van der Waals surface area contributed by atoms with Gasteiger partial charge in [-0.1, -0.05) is 32.1 Å². The van der Waals surface area contributed by atoms with Crippen LogP contribution in [-0.4, -0.2) is 27.7 Å². The lowest BCUT2D eigenvalue weighted by molar-refractivity contribution is 0.0588. The second-order valence-electron chi connectivity index (χ2n) is 5.29. The second kappa shape index (κ2) is 6.07. The molecule has 1 heterocycles. The molecule has 0 aromatic carbocycles. The normalized spacial score (nSPS) is 16.1. The first kappa shape index (κ1) is 14.6. The minimum absolute atomic E-state index is 0.290. The van der Waals surface area contributed by atoms with E-state index in [2.05, 4.69) is 9.72 Å². The molecule has 2 rings (SSSR count). The summed E-state index contributed by atoms with van der Waals surface area (Å²) in [6, 6.07) is 0. The van der Waals surface area contributed by atoms with E-state index in [1.54, 1.807) is 7.05 Å². The molecule has 0 spiro atoms. The molecule has 1 aliphatic carbocycles. The SMILES string of the molecule is COC(=O)c1nc(CC2CCCCC2)n(C)c(=O)c1O. The van der Waals surface area contributed by atoms with Gasteiger partial charge < -0.3 is 9.84 Å². The minimum atomic E-state index is -0.787. The van der Waals surface area contributed by atoms with Crippen LogP contribution in [0.1, 0.15) is 48.4 Å². The van der Waals surface area contributed by atoms with Crippen LogP contribution in [0, 0.1) is 5.92 Å². The van der Waals surface area contributed by atoms with Crippen LogP contribution in [0.5, 0.6) is 5.75 Å². The minimum Gasteiger partial charge on any atom is -0.501 e. The summed E-state index contributed by atoms with van der Waals surface area (Å²) < 4.78 is 5.86. The average molecular weight is 280 g/mol. The van der Waals surface area contributed by atoms with E-state index < -0.39 is 17.3 Å². The molecule has 1 aromatic rings. The quantitative estimate of drug-likeness (QED) is 0.846. The lowest BCUT2D eigenvalue weighted by atomic mass is 9.87. The summed E-state index contributed by atoms with van der Waals surface area (Å²) in [5.41, 5.74) is -0.896. The Morgan fingerprint density at radius 3 is 2.65 bits per heavy atom. The van der Waals surface area contributed by atoms with E-state index >= 15 is 0 Å². The van der Waals surface area contributed by atoms with Gasteiger partial charge in [0.15, 0.2) is 5.69 Å². The van der Waals surface area contributed by atoms with Crippen molar-refractivity contribution in [2.75, 3.05) is 7.11 Å². The van der Waals surface area contributed by atoms with E-state index in [9.17, 15) is 14.7 Å². The number of nitrogens with zero attached hydrogens (tertiary/aromatic N) is 2. The van der Waals surface area contributed by atoms with Gasteiger partial charge in [0, 0.05) is 13.5 Å². The van der Waals surface area contributed by atoms with Gasteiger partial charge in [0.05, 0.1) is 7.11 Å². The van der Waals surface area contributed by atoms with Crippen LogP contribution in [0.25, 0.3) is 0 Å². The van der Waals surface area contributed by atoms with Crippen molar-refractivity contribution in [2.45, 2.75) is 38.5 Å². The number of hydrogen-bond donors (Lipinski definition) is 1. The highest BCUT2D eigenvalue weighted by molar-refractivity contribution is 5.89. The van der Waals surface area contributed by atoms with E-state index in [1.807, 2.05) is 0 Å². The third-order valence-electron chi connectivity index (χ3n) is 3.93. The lowest BCUT2D eigenvalue weighted by Gasteiger charge is -2.22. The summed E-state index contributed by atoms with van der Waals surface area (Å²) in [6.07, 6.45) is 6.53. The molecule has 0 bridgehead atoms. The number of ether oxygens (including phenoxy) is 1. The topological polar surface area (TPSA) is 81.4 Å². The molecule has 20 heavy (non-hydrogen) atoms. The predicted octanol–water partition coefficient (Wildman–Crippen LogP) is 1.40. The van der Waals surface area contributed by atoms with Gasteiger partial charge in [-0.15, -0.1) is 0 Å². The third-order valence-corrected chi connectivity index (χ3v) is 3.93. The number of methoxy groups -OCH3 is 1. The molecule has 0 aliphatic heterocycles. The Labute approximate surface area is 117 Å². The van der Waals surface area contributed by atoms with Crippen LogP contribution in [0.4, 0.5) is 0 Å². The first-order valence-corrected chi connectivity index (χ1v) is 6.91. The highest BCUT2D eigenvalue weighted by Crippen LogP contribution is 2.26. The largest absolute Gasteiger partial charge is 0.501 e. The Kier molecular flexibility index (Phi) is 4.42. The molecular weight excluding hydrogens is 260 g/mol. The molecule has 1 fully saturated rings. The van der Waals surface area contributed by atoms with E-state index in [0.29, 0.717) is 18.2 Å². The maximum absolute atomic E-state index is 11.9. The highest BCUT2D eigenvalue weighted by Gasteiger charge is 2.22. The van der Waals surface area contributed by atoms with E-state index in [4.69, 9.17) is 0 Å². The van der Waals surface area contributed by atoms with Crippen molar-refractivity contribution in [1.82, 2.24) is 9.55 Å². The number of rotatable bonds is 3. The van der Waals surface area contributed by atoms with Gasteiger partial charge in [-0.25, -0.2) is 9.78 Å². The Balaban J connectivity index is 2.34. The molecular formula is C14H20N2O4. The molecule has 0 radical (unpaired) electrons. The van der Waals surface area contributed by atoms with Gasteiger partial charge in [-0.3, -0.25) is 9.36 Å². The van der Waals surface area contributed by atoms with Gasteiger partial charge in [0.1, 0.15) is 5.82 Å². The zero-order valence-electron chi connectivity index (χ0n) is 11.9. The monoisotopic (exact) mass is 280 g/mol. The van der Waals surface area contributed by atoms with Crippen molar-refractivity contribution in [2.24, 2.45) is 13.0 Å². The summed E-state index contributed by atoms with van der Waals surface area (Å²) in [5.74, 6) is -0.422. The third kappa shape index (κ3) is 2.84. The Morgan fingerprint density at radius 1 is 1.40 bits per heavy atom. The van der Waals surface area contributed by atoms with Gasteiger partial charge in [-0.05, 0) is 5.92 Å². The fraction of sp³-hybridized carbons (Fsp3) is 0.643. The zero-order chi connectivity index (χ0) is 14.7. The fourth-order valence-corrected chi connectivity index (χ4v) is 2.71. The van der Waals surface area contributed by atoms with Crippen molar-refractivity contribution in [3.05, 3.63) is 21.9 Å². The molecule has 0 atom stereocenters. The van der Waals surface area contributed by atoms with Crippen LogP contribution in [0.15, 0.2) is 4.79 Å². The Hall–Kier alpha value is -1.85. The Bertz CT molecular complexity index is 559. The Morgan fingerprint density at radius 2 is 2.05 bits per heavy atom. The van der Waals surface area contributed by atoms with Gasteiger partial charge in [0.25, 0.3) is 5.56 Å². The maximum atomic E-state index is 11.9. The van der Waals surface area contributed by atoms with Crippen LogP contribution in [0.2, 0.25) is 0 Å². The average Bonchev–Trinajstić information content (AvgIpc) is 2.48. The summed E-state index contributed by atoms with van der Waals surface area (Å²) in [7, 11) is 2.76. The number of carbonyl (C=O) groups excluding carboxylic acids is 1. The molecule has 1 saturated carbocycles. The van der Waals surface area contributed by atoms with Crippen LogP contribution < -0.4 is 5.56 Å². The summed E-state index contributed by atoms with van der Waals surface area (Å²) in [6.45, 7) is 0. The summed E-state index contributed by atoms with van der Waals surface area (Å²) in [4.78, 5) is 27.6. The molecule has 0 amide bonds. The van der Waals surface area contributed by atoms with Gasteiger partial charge >= 0.3 is 5.97 Å². The highest BCUT2D eigenvalue weighted by atomic mass is 16.5. The predicted molar refractivity (Wildman–Crippen MR) is 72.8 cm³/mol. The van der Waals surface area contributed by atoms with E-state index in [-0.39, 0.29) is 5.69 Å². The van der Waals surface area contributed by atoms with Crippen molar-refractivity contribution >= 4 is 5.97 Å². The standard InChI is InChI=1S/C14H20N2O4/c1-16-10(8-9-6-4-3-5-7-9)15-11(14(19)20-2)12(17)13(16)18/h9,17H,3-8H2,1-2H3. The summed E-state index contributed by atoms with van der Waals surface area (Å²) in [5, 5.41) is 9.71. The van der Waals surface area contributed by atoms with Crippen LogP contribution in [-0.2, 0) is 18.2 Å². The van der Waals surface area contributed by atoms with Gasteiger partial charge in [0.2, 0.25) is 5.75 Å². The van der Waals surface area contributed by atoms with Crippen molar-refractivity contribution < 1.29 is 14.6 Å². The number of esters is 1. The molecule has 1 N–H and O–H groups in total. The molecule has 6 nitrogen and oxygen atoms in total.